The van der Waals surface area contributed by atoms with Crippen LogP contribution in [0.5, 0.6) is 0 Å². The van der Waals surface area contributed by atoms with Gasteiger partial charge in [0.05, 0.1) is 6.54 Å². The Morgan fingerprint density at radius 3 is 2.38 bits per heavy atom. The highest BCUT2D eigenvalue weighted by molar-refractivity contribution is 5.79. The van der Waals surface area contributed by atoms with Gasteiger partial charge in [0.1, 0.15) is 0 Å². The van der Waals surface area contributed by atoms with Gasteiger partial charge in [-0.2, -0.15) is 0 Å². The Hall–Kier alpha value is -1.59. The van der Waals surface area contributed by atoms with Crippen LogP contribution in [0.3, 0.4) is 0 Å². The summed E-state index contributed by atoms with van der Waals surface area (Å²) in [5.41, 5.74) is 2.68. The summed E-state index contributed by atoms with van der Waals surface area (Å²) in [5, 5.41) is 6.83. The van der Waals surface area contributed by atoms with Crippen molar-refractivity contribution in [2.24, 2.45) is 4.99 Å². The Bertz CT molecular complexity index is 575. The minimum atomic E-state index is 0.619. The lowest BCUT2D eigenvalue weighted by Gasteiger charge is -2.26. The number of nitrogens with zero attached hydrogens (tertiary/aromatic N) is 3. The predicted octanol–water partition coefficient (Wildman–Crippen LogP) is 3.85. The standard InChI is InChI=1S/C24H43N5/c1-5-25-24(26-15-7-10-16-28(4)21(2)3)27-19-22-11-13-23(14-12-22)20-29-17-8-6-9-18-29/h11-14,21H,5-10,15-20H2,1-4H3,(H2,25,26,27). The van der Waals surface area contributed by atoms with Crippen LogP contribution in [-0.4, -0.2) is 61.6 Å². The van der Waals surface area contributed by atoms with E-state index in [1.807, 2.05) is 0 Å². The average molecular weight is 402 g/mol. The number of benzene rings is 1. The van der Waals surface area contributed by atoms with Crippen LogP contribution in [0.1, 0.15) is 64.0 Å². The summed E-state index contributed by atoms with van der Waals surface area (Å²) in [6.45, 7) is 13.9. The zero-order valence-electron chi connectivity index (χ0n) is 19.2. The van der Waals surface area contributed by atoms with Crippen molar-refractivity contribution in [1.29, 1.82) is 0 Å². The molecule has 1 fully saturated rings. The summed E-state index contributed by atoms with van der Waals surface area (Å²) in [4.78, 5) is 9.73. The van der Waals surface area contributed by atoms with Crippen LogP contribution in [0.2, 0.25) is 0 Å². The second-order valence-corrected chi connectivity index (χ2v) is 8.56. The number of rotatable bonds is 11. The highest BCUT2D eigenvalue weighted by Gasteiger charge is 2.10. The number of likely N-dealkylation sites (tertiary alicyclic amines) is 1. The van der Waals surface area contributed by atoms with Gasteiger partial charge in [-0.1, -0.05) is 30.7 Å². The molecule has 5 heteroatoms. The van der Waals surface area contributed by atoms with Crippen LogP contribution in [0.25, 0.3) is 0 Å². The van der Waals surface area contributed by atoms with Gasteiger partial charge in [0, 0.05) is 25.7 Å². The Morgan fingerprint density at radius 1 is 1.03 bits per heavy atom. The maximum atomic E-state index is 4.76. The van der Waals surface area contributed by atoms with Gasteiger partial charge in [0.25, 0.3) is 0 Å². The van der Waals surface area contributed by atoms with Crippen LogP contribution < -0.4 is 10.6 Å². The molecule has 1 aromatic rings. The minimum Gasteiger partial charge on any atom is -0.357 e. The smallest absolute Gasteiger partial charge is 0.191 e. The van der Waals surface area contributed by atoms with Crippen molar-refractivity contribution in [2.45, 2.75) is 72.0 Å². The molecule has 0 saturated carbocycles. The molecule has 2 rings (SSSR count). The van der Waals surface area contributed by atoms with Gasteiger partial charge in [0.15, 0.2) is 5.96 Å². The van der Waals surface area contributed by atoms with Crippen molar-refractivity contribution in [3.63, 3.8) is 0 Å². The lowest BCUT2D eigenvalue weighted by Crippen LogP contribution is -2.38. The normalized spacial score (nSPS) is 15.9. The molecule has 1 saturated heterocycles. The number of aliphatic imine (C=N–C) groups is 1. The van der Waals surface area contributed by atoms with Gasteiger partial charge in [-0.3, -0.25) is 4.90 Å². The first-order valence-corrected chi connectivity index (χ1v) is 11.6. The van der Waals surface area contributed by atoms with E-state index < -0.39 is 0 Å². The van der Waals surface area contributed by atoms with E-state index in [1.54, 1.807) is 0 Å². The monoisotopic (exact) mass is 401 g/mol. The SMILES string of the molecule is CCNC(=NCc1ccc(CN2CCCCC2)cc1)NCCCCN(C)C(C)C. The Kier molecular flexibility index (Phi) is 11.1. The molecule has 164 valence electrons. The minimum absolute atomic E-state index is 0.619. The molecule has 1 heterocycles. The largest absolute Gasteiger partial charge is 0.357 e. The fourth-order valence-electron chi connectivity index (χ4n) is 3.59. The average Bonchev–Trinajstić information content (AvgIpc) is 2.73. The second-order valence-electron chi connectivity index (χ2n) is 8.56. The van der Waals surface area contributed by atoms with Crippen molar-refractivity contribution in [2.75, 3.05) is 39.8 Å². The maximum Gasteiger partial charge on any atom is 0.191 e. The van der Waals surface area contributed by atoms with Crippen molar-refractivity contribution < 1.29 is 0 Å². The topological polar surface area (TPSA) is 42.9 Å². The van der Waals surface area contributed by atoms with E-state index in [2.05, 4.69) is 72.5 Å². The van der Waals surface area contributed by atoms with Crippen molar-refractivity contribution >= 4 is 5.96 Å². The van der Waals surface area contributed by atoms with Gasteiger partial charge in [-0.25, -0.2) is 4.99 Å². The lowest BCUT2D eigenvalue weighted by molar-refractivity contribution is 0.221. The molecule has 0 spiro atoms. The van der Waals surface area contributed by atoms with Crippen LogP contribution in [-0.2, 0) is 13.1 Å². The molecule has 0 unspecified atom stereocenters. The van der Waals surface area contributed by atoms with Crippen LogP contribution in [0.15, 0.2) is 29.3 Å². The van der Waals surface area contributed by atoms with Crippen molar-refractivity contribution in [1.82, 2.24) is 20.4 Å². The van der Waals surface area contributed by atoms with E-state index in [0.29, 0.717) is 6.04 Å². The number of piperidine rings is 1. The highest BCUT2D eigenvalue weighted by Crippen LogP contribution is 2.14. The molecule has 0 atom stereocenters. The molecular formula is C24H43N5. The molecule has 2 N–H and O–H groups in total. The molecular weight excluding hydrogens is 358 g/mol. The third-order valence-electron chi connectivity index (χ3n) is 5.75. The third-order valence-corrected chi connectivity index (χ3v) is 5.75. The number of nitrogens with one attached hydrogen (secondary N) is 2. The van der Waals surface area contributed by atoms with Gasteiger partial charge in [0.2, 0.25) is 0 Å². The zero-order chi connectivity index (χ0) is 20.9. The van der Waals surface area contributed by atoms with Gasteiger partial charge >= 0.3 is 0 Å². The van der Waals surface area contributed by atoms with E-state index in [-0.39, 0.29) is 0 Å². The molecule has 1 aliphatic rings. The van der Waals surface area contributed by atoms with Gasteiger partial charge in [-0.15, -0.1) is 0 Å². The molecule has 5 nitrogen and oxygen atoms in total. The van der Waals surface area contributed by atoms with E-state index in [1.165, 1.54) is 49.9 Å². The first-order chi connectivity index (χ1) is 14.1. The molecule has 0 aliphatic carbocycles. The Morgan fingerprint density at radius 2 is 1.72 bits per heavy atom. The molecule has 0 amide bonds. The number of hydrogen-bond acceptors (Lipinski definition) is 3. The van der Waals surface area contributed by atoms with Crippen molar-refractivity contribution in [3.05, 3.63) is 35.4 Å². The van der Waals surface area contributed by atoms with Gasteiger partial charge in [-0.05, 0) is 84.3 Å². The molecule has 0 bridgehead atoms. The Balaban J connectivity index is 1.73. The summed E-state index contributed by atoms with van der Waals surface area (Å²) in [7, 11) is 2.20. The summed E-state index contributed by atoms with van der Waals surface area (Å²) < 4.78 is 0. The first-order valence-electron chi connectivity index (χ1n) is 11.6. The summed E-state index contributed by atoms with van der Waals surface area (Å²) in [6.07, 6.45) is 6.46. The third kappa shape index (κ3) is 9.64. The predicted molar refractivity (Wildman–Crippen MR) is 125 cm³/mol. The summed E-state index contributed by atoms with van der Waals surface area (Å²) in [5.74, 6) is 0.919. The molecule has 0 radical (unpaired) electrons. The van der Waals surface area contributed by atoms with E-state index in [9.17, 15) is 0 Å². The number of guanidine groups is 1. The van der Waals surface area contributed by atoms with E-state index in [0.717, 1.165) is 45.1 Å². The molecule has 0 aromatic heterocycles. The number of unbranched alkanes of at least 4 members (excludes halogenated alkanes) is 1. The zero-order valence-corrected chi connectivity index (χ0v) is 19.2. The fourth-order valence-corrected chi connectivity index (χ4v) is 3.59. The lowest BCUT2D eigenvalue weighted by atomic mass is 10.1. The van der Waals surface area contributed by atoms with Crippen LogP contribution >= 0.6 is 0 Å². The van der Waals surface area contributed by atoms with E-state index in [4.69, 9.17) is 4.99 Å². The Labute approximate surface area is 179 Å². The van der Waals surface area contributed by atoms with E-state index >= 15 is 0 Å². The summed E-state index contributed by atoms with van der Waals surface area (Å²) >= 11 is 0. The second kappa shape index (κ2) is 13.6. The van der Waals surface area contributed by atoms with Crippen molar-refractivity contribution in [3.8, 4) is 0 Å². The number of hydrogen-bond donors (Lipinski definition) is 2. The molecule has 1 aromatic carbocycles. The van der Waals surface area contributed by atoms with Crippen LogP contribution in [0, 0.1) is 0 Å². The molecule has 1 aliphatic heterocycles. The summed E-state index contributed by atoms with van der Waals surface area (Å²) in [6, 6.07) is 9.62. The van der Waals surface area contributed by atoms with Gasteiger partial charge < -0.3 is 15.5 Å². The first kappa shape index (κ1) is 23.7. The maximum absolute atomic E-state index is 4.76. The highest BCUT2D eigenvalue weighted by atomic mass is 15.2. The quantitative estimate of drug-likeness (QED) is 0.336. The van der Waals surface area contributed by atoms with Crippen LogP contribution in [0.4, 0.5) is 0 Å². The molecule has 29 heavy (non-hydrogen) atoms. The fraction of sp³-hybridized carbons (Fsp3) is 0.708.